The van der Waals surface area contributed by atoms with Crippen molar-refractivity contribution in [2.75, 3.05) is 6.51 Å². The second kappa shape index (κ2) is 15.9. The summed E-state index contributed by atoms with van der Waals surface area (Å²) in [7, 11) is 1.97. The van der Waals surface area contributed by atoms with Crippen LogP contribution in [0.3, 0.4) is 0 Å². The molecule has 13 nitrogen and oxygen atoms in total. The number of carboxylic acids is 2. The molecule has 2 aromatic carbocycles. The Kier molecular flexibility index (Phi) is 13.0. The first kappa shape index (κ1) is 34.3. The van der Waals surface area contributed by atoms with Crippen LogP contribution in [-0.2, 0) is 54.7 Å². The van der Waals surface area contributed by atoms with Crippen molar-refractivity contribution in [2.24, 2.45) is 0 Å². The van der Waals surface area contributed by atoms with Crippen LogP contribution in [0.25, 0.3) is 0 Å². The number of amides is 1. The number of hydrogen-bond acceptors (Lipinski definition) is 10. The number of aromatic hydroxyl groups is 2. The van der Waals surface area contributed by atoms with Crippen LogP contribution in [0.4, 0.5) is 4.79 Å². The second-order valence-corrected chi connectivity index (χ2v) is 10.3. The van der Waals surface area contributed by atoms with Gasteiger partial charge in [-0.3, -0.25) is 9.69 Å². The number of nitrogens with one attached hydrogen (secondary N) is 1. The van der Waals surface area contributed by atoms with Gasteiger partial charge in [-0.15, -0.1) is 0 Å². The maximum atomic E-state index is 12.2. The molecule has 0 aliphatic carbocycles. The number of carboxylic acid groups (broad SMARTS) is 2. The molecule has 0 saturated heterocycles. The van der Waals surface area contributed by atoms with Crippen molar-refractivity contribution in [3.05, 3.63) is 58.7 Å². The Morgan fingerprint density at radius 1 is 0.952 bits per heavy atom. The minimum atomic E-state index is -1.09. The van der Waals surface area contributed by atoms with Crippen molar-refractivity contribution in [1.29, 1.82) is 0 Å². The van der Waals surface area contributed by atoms with Crippen LogP contribution in [0.1, 0.15) is 43.0 Å². The van der Waals surface area contributed by atoms with Crippen LogP contribution >= 0.6 is 0 Å². The summed E-state index contributed by atoms with van der Waals surface area (Å²) in [6, 6.07) is 8.28. The number of phenols is 2. The van der Waals surface area contributed by atoms with Gasteiger partial charge in [0.15, 0.2) is 0 Å². The van der Waals surface area contributed by atoms with Crippen molar-refractivity contribution in [3.63, 3.8) is 0 Å². The smallest absolute Gasteiger partial charge is 0.321 e. The van der Waals surface area contributed by atoms with E-state index in [1.807, 2.05) is 6.07 Å². The van der Waals surface area contributed by atoms with Gasteiger partial charge < -0.3 is 30.5 Å². The molecule has 4 rings (SSSR count). The number of fused-ring (bicyclic) bond motifs is 2. The van der Waals surface area contributed by atoms with Gasteiger partial charge >= 0.3 is 60.4 Å². The SMILES string of the molecule is CC(C)(C)OC(=O)N1Cc2ccc(O)cc2CC1C(=O)O.C[B]OOCB=O.O=C(O)C1Cc2cc(O)ccc2CN1. The van der Waals surface area contributed by atoms with E-state index in [1.54, 1.807) is 45.8 Å². The number of ether oxygens (including phenoxy) is 1. The Bertz CT molecular complexity index is 1250. The molecule has 0 saturated carbocycles. The van der Waals surface area contributed by atoms with E-state index in [-0.39, 0.29) is 31.0 Å². The second-order valence-electron chi connectivity index (χ2n) is 10.3. The normalized spacial score (nSPS) is 17.0. The Balaban J connectivity index is 0.000000252. The zero-order valence-corrected chi connectivity index (χ0v) is 23.9. The van der Waals surface area contributed by atoms with Crippen LogP contribution in [0.15, 0.2) is 36.4 Å². The first-order chi connectivity index (χ1) is 19.7. The molecular formula is C27H35B2N2O11. The molecule has 0 spiro atoms. The molecule has 15 heteroatoms. The van der Waals surface area contributed by atoms with Gasteiger partial charge in [0, 0.05) is 13.0 Å². The van der Waals surface area contributed by atoms with Gasteiger partial charge in [0.25, 0.3) is 0 Å². The molecule has 2 atom stereocenters. The van der Waals surface area contributed by atoms with Crippen LogP contribution in [0.5, 0.6) is 11.5 Å². The predicted octanol–water partition coefficient (Wildman–Crippen LogP) is 2.24. The van der Waals surface area contributed by atoms with E-state index in [0.29, 0.717) is 20.1 Å². The molecule has 2 aliphatic rings. The fourth-order valence-electron chi connectivity index (χ4n) is 4.11. The Morgan fingerprint density at radius 3 is 2.07 bits per heavy atom. The summed E-state index contributed by atoms with van der Waals surface area (Å²) >= 11 is 0. The molecule has 2 aliphatic heterocycles. The number of carbonyl (C=O) groups excluding carboxylic acids is 1. The summed E-state index contributed by atoms with van der Waals surface area (Å²) in [5.74, 6) is -1.66. The third kappa shape index (κ3) is 10.8. The van der Waals surface area contributed by atoms with Crippen LogP contribution in [0.2, 0.25) is 6.82 Å². The maximum Gasteiger partial charge on any atom is 0.321 e. The van der Waals surface area contributed by atoms with Crippen molar-refractivity contribution < 1.29 is 53.9 Å². The molecule has 2 unspecified atom stereocenters. The summed E-state index contributed by atoms with van der Waals surface area (Å²) in [6.45, 7) is 7.55. The van der Waals surface area contributed by atoms with Gasteiger partial charge in [0.2, 0.25) is 0 Å². The van der Waals surface area contributed by atoms with Crippen LogP contribution in [-0.4, -0.2) is 82.2 Å². The Morgan fingerprint density at radius 2 is 1.55 bits per heavy atom. The number of nitrogens with zero attached hydrogens (tertiary/aromatic N) is 1. The molecule has 5 N–H and O–H groups in total. The quantitative estimate of drug-likeness (QED) is 0.144. The number of hydrogen-bond donors (Lipinski definition) is 5. The summed E-state index contributed by atoms with van der Waals surface area (Å²) < 4.78 is 14.7. The zero-order valence-electron chi connectivity index (χ0n) is 23.9. The number of aliphatic carboxylic acids is 2. The van der Waals surface area contributed by atoms with E-state index >= 15 is 0 Å². The van der Waals surface area contributed by atoms with Gasteiger partial charge in [0.05, 0.1) is 6.54 Å². The van der Waals surface area contributed by atoms with Crippen molar-refractivity contribution >= 4 is 32.7 Å². The first-order valence-corrected chi connectivity index (χ1v) is 13.1. The monoisotopic (exact) mass is 585 g/mol. The predicted molar refractivity (Wildman–Crippen MR) is 150 cm³/mol. The van der Waals surface area contributed by atoms with Gasteiger partial charge in [0.1, 0.15) is 29.2 Å². The van der Waals surface area contributed by atoms with Gasteiger partial charge in [-0.2, -0.15) is 0 Å². The number of carbonyl (C=O) groups is 3. The summed E-state index contributed by atoms with van der Waals surface area (Å²) in [5, 5.41) is 39.8. The molecule has 0 bridgehead atoms. The average Bonchev–Trinajstić information content (AvgIpc) is 2.92. The average molecular weight is 585 g/mol. The van der Waals surface area contributed by atoms with Gasteiger partial charge in [-0.25, -0.2) is 9.59 Å². The standard InChI is InChI=1S/C15H19NO5.C10H11NO3.C2H5B2O3/c1-15(2,3)21-14(20)16-8-9-4-5-11(17)6-10(9)7-12(16)13(18)19;12-8-2-1-6-5-11-9(10(13)14)4-7(6)3-8;1-3-7-6-2-4-5/h4-6,12,17H,7-8H2,1-3H3,(H,18,19);1-3,9,11-12H,4-5H2,(H,13,14);2H2,1H3. The summed E-state index contributed by atoms with van der Waals surface area (Å²) in [6.07, 6.45) is -0.0641. The molecule has 42 heavy (non-hydrogen) atoms. The Labute approximate surface area is 244 Å². The van der Waals surface area contributed by atoms with Crippen molar-refractivity contribution in [3.8, 4) is 11.5 Å². The molecule has 225 valence electrons. The topological polar surface area (TPSA) is 192 Å². The van der Waals surface area contributed by atoms with Gasteiger partial charge in [-0.1, -0.05) is 12.1 Å². The van der Waals surface area contributed by atoms with E-state index in [4.69, 9.17) is 9.84 Å². The largest absolute Gasteiger partial charge is 0.508 e. The van der Waals surface area contributed by atoms with E-state index in [1.165, 1.54) is 24.5 Å². The number of phenolic OH excluding ortho intramolecular Hbond substituents is 2. The molecule has 2 heterocycles. The molecule has 1 amide bonds. The van der Waals surface area contributed by atoms with Crippen molar-refractivity contribution in [1.82, 2.24) is 10.2 Å². The molecular weight excluding hydrogens is 550 g/mol. The number of benzene rings is 2. The zero-order chi connectivity index (χ0) is 31.4. The van der Waals surface area contributed by atoms with Gasteiger partial charge in [-0.05, 0) is 73.7 Å². The summed E-state index contributed by atoms with van der Waals surface area (Å²) in [4.78, 5) is 44.0. The van der Waals surface area contributed by atoms with Crippen LogP contribution in [0, 0.1) is 0 Å². The number of rotatable bonds is 6. The molecule has 2 aromatic rings. The first-order valence-electron chi connectivity index (χ1n) is 13.1. The van der Waals surface area contributed by atoms with Crippen LogP contribution < -0.4 is 5.32 Å². The minimum Gasteiger partial charge on any atom is -0.508 e. The summed E-state index contributed by atoms with van der Waals surface area (Å²) in [5.41, 5.74) is 2.84. The Hall–Kier alpha value is -3.94. The van der Waals surface area contributed by atoms with Crippen molar-refractivity contribution in [2.45, 2.75) is 71.2 Å². The van der Waals surface area contributed by atoms with E-state index in [2.05, 4.69) is 15.0 Å². The fourth-order valence-corrected chi connectivity index (χ4v) is 4.11. The maximum absolute atomic E-state index is 12.2. The molecule has 1 radical (unpaired) electrons. The molecule has 0 aromatic heterocycles. The third-order valence-corrected chi connectivity index (χ3v) is 5.98. The van der Waals surface area contributed by atoms with E-state index < -0.39 is 35.7 Å². The van der Waals surface area contributed by atoms with E-state index in [9.17, 15) is 34.4 Å². The third-order valence-electron chi connectivity index (χ3n) is 5.98. The van der Waals surface area contributed by atoms with E-state index in [0.717, 1.165) is 22.3 Å². The fraction of sp³-hybridized carbons (Fsp3) is 0.444. The molecule has 0 fully saturated rings. The minimum absolute atomic E-state index is 0.00958.